The molecule has 0 spiro atoms. The molecule has 1 nitrogen and oxygen atoms in total. The molecule has 1 heteroatoms. The van der Waals surface area contributed by atoms with Crippen LogP contribution in [0, 0.1) is 0 Å². The van der Waals surface area contributed by atoms with Gasteiger partial charge in [0.1, 0.15) is 0 Å². The third-order valence-electron chi connectivity index (χ3n) is 0.751. The average molecular weight is 201 g/mol. The molecule has 14 heavy (non-hydrogen) atoms. The van der Waals surface area contributed by atoms with Crippen LogP contribution in [-0.2, 0) is 0 Å². The van der Waals surface area contributed by atoms with Gasteiger partial charge in [-0.3, -0.25) is 4.99 Å². The smallest absolute Gasteiger partial charge is 0.0326 e. The first-order valence-corrected chi connectivity index (χ1v) is 5.84. The normalized spacial score (nSPS) is 8.79. The first kappa shape index (κ1) is 23.3. The van der Waals surface area contributed by atoms with Crippen LogP contribution in [0.25, 0.3) is 0 Å². The van der Waals surface area contributed by atoms with E-state index in [1.54, 1.807) is 6.21 Å². The predicted molar refractivity (Wildman–Crippen MR) is 72.3 cm³/mol. The first-order valence-electron chi connectivity index (χ1n) is 5.84. The predicted octanol–water partition coefficient (Wildman–Crippen LogP) is 5.47. The van der Waals surface area contributed by atoms with E-state index in [1.807, 2.05) is 54.5 Å². The Bertz CT molecular complexity index is 102. The molecule has 0 aliphatic carbocycles. The molecular formula is C13H31N. The lowest BCUT2D eigenvalue weighted by atomic mass is 10.5. The minimum atomic E-state index is 1.07. The molecule has 0 fully saturated rings. The summed E-state index contributed by atoms with van der Waals surface area (Å²) < 4.78 is 0. The highest BCUT2D eigenvalue weighted by atomic mass is 14.7. The molecule has 0 unspecified atom stereocenters. The van der Waals surface area contributed by atoms with Gasteiger partial charge in [0.2, 0.25) is 0 Å². The lowest BCUT2D eigenvalue weighted by Gasteiger charge is -1.81. The van der Waals surface area contributed by atoms with Crippen molar-refractivity contribution in [1.29, 1.82) is 0 Å². The second-order valence-corrected chi connectivity index (χ2v) is 2.02. The SMILES string of the molecule is CC.CC.CC=N/C(C)=C\C.CCC. The van der Waals surface area contributed by atoms with Crippen molar-refractivity contribution < 1.29 is 0 Å². The van der Waals surface area contributed by atoms with Crippen molar-refractivity contribution in [3.8, 4) is 0 Å². The second kappa shape index (κ2) is 39.3. The summed E-state index contributed by atoms with van der Waals surface area (Å²) in [7, 11) is 0. The van der Waals surface area contributed by atoms with E-state index in [9.17, 15) is 0 Å². The number of nitrogens with zero attached hydrogens (tertiary/aromatic N) is 1. The molecule has 0 aliphatic rings. The molecule has 0 saturated heterocycles. The molecule has 0 aromatic heterocycles. The van der Waals surface area contributed by atoms with E-state index < -0.39 is 0 Å². The summed E-state index contributed by atoms with van der Waals surface area (Å²) >= 11 is 0. The molecule has 0 atom stereocenters. The lowest BCUT2D eigenvalue weighted by molar-refractivity contribution is 1.09. The number of aliphatic imine (C=N–C) groups is 1. The van der Waals surface area contributed by atoms with Gasteiger partial charge in [0.15, 0.2) is 0 Å². The van der Waals surface area contributed by atoms with Crippen LogP contribution in [-0.4, -0.2) is 6.21 Å². The van der Waals surface area contributed by atoms with Gasteiger partial charge in [0, 0.05) is 11.9 Å². The molecule has 0 bridgehead atoms. The minimum absolute atomic E-state index is 1.07. The number of hydrogen-bond donors (Lipinski definition) is 0. The molecule has 0 radical (unpaired) electrons. The monoisotopic (exact) mass is 201 g/mol. The van der Waals surface area contributed by atoms with E-state index in [2.05, 4.69) is 18.8 Å². The fourth-order valence-electron chi connectivity index (χ4n) is 0.278. The average Bonchev–Trinajstić information content (AvgIpc) is 2.25. The first-order chi connectivity index (χ1) is 6.72. The largest absolute Gasteiger partial charge is 0.267 e. The highest BCUT2D eigenvalue weighted by Gasteiger charge is 1.70. The van der Waals surface area contributed by atoms with Crippen LogP contribution in [0.5, 0.6) is 0 Å². The molecule has 88 valence electrons. The second-order valence-electron chi connectivity index (χ2n) is 2.02. The van der Waals surface area contributed by atoms with Crippen molar-refractivity contribution in [3.05, 3.63) is 11.8 Å². The molecule has 0 aromatic carbocycles. The Balaban J connectivity index is -0.0000000603. The zero-order valence-electron chi connectivity index (χ0n) is 11.8. The van der Waals surface area contributed by atoms with Crippen LogP contribution in [0.3, 0.4) is 0 Å². The Hall–Kier alpha value is -0.590. The third-order valence-corrected chi connectivity index (χ3v) is 0.751. The lowest BCUT2D eigenvalue weighted by Crippen LogP contribution is -1.64. The van der Waals surface area contributed by atoms with Gasteiger partial charge in [-0.2, -0.15) is 0 Å². The summed E-state index contributed by atoms with van der Waals surface area (Å²) in [5.74, 6) is 0. The van der Waals surface area contributed by atoms with Crippen LogP contribution < -0.4 is 0 Å². The van der Waals surface area contributed by atoms with Crippen molar-refractivity contribution in [2.45, 2.75) is 68.7 Å². The minimum Gasteiger partial charge on any atom is -0.267 e. The van der Waals surface area contributed by atoms with E-state index in [-0.39, 0.29) is 0 Å². The molecule has 0 N–H and O–H groups in total. The molecule has 0 rings (SSSR count). The molecule has 0 aromatic rings. The van der Waals surface area contributed by atoms with Crippen molar-refractivity contribution in [2.24, 2.45) is 4.99 Å². The van der Waals surface area contributed by atoms with Gasteiger partial charge in [-0.25, -0.2) is 0 Å². The molecular weight excluding hydrogens is 170 g/mol. The number of allylic oxidation sites excluding steroid dienone is 2. The van der Waals surface area contributed by atoms with Crippen molar-refractivity contribution in [3.63, 3.8) is 0 Å². The van der Waals surface area contributed by atoms with Gasteiger partial charge >= 0.3 is 0 Å². The summed E-state index contributed by atoms with van der Waals surface area (Å²) in [6.45, 7) is 18.1. The topological polar surface area (TPSA) is 12.4 Å². The molecule has 0 aliphatic heterocycles. The maximum atomic E-state index is 3.98. The number of hydrogen-bond acceptors (Lipinski definition) is 1. The van der Waals surface area contributed by atoms with E-state index in [1.165, 1.54) is 6.42 Å². The van der Waals surface area contributed by atoms with E-state index >= 15 is 0 Å². The fraction of sp³-hybridized carbons (Fsp3) is 0.769. The van der Waals surface area contributed by atoms with Gasteiger partial charge in [-0.05, 0) is 20.8 Å². The zero-order valence-corrected chi connectivity index (χ0v) is 11.8. The van der Waals surface area contributed by atoms with Crippen molar-refractivity contribution in [2.75, 3.05) is 0 Å². The van der Waals surface area contributed by atoms with Crippen LogP contribution in [0.4, 0.5) is 0 Å². The quantitative estimate of drug-likeness (QED) is 0.499. The fourth-order valence-corrected chi connectivity index (χ4v) is 0.278. The third kappa shape index (κ3) is 63.6. The van der Waals surface area contributed by atoms with Gasteiger partial charge in [0.05, 0.1) is 0 Å². The summed E-state index contributed by atoms with van der Waals surface area (Å²) in [6, 6.07) is 0. The summed E-state index contributed by atoms with van der Waals surface area (Å²) in [5.41, 5.74) is 1.07. The zero-order chi connectivity index (χ0) is 12.4. The summed E-state index contributed by atoms with van der Waals surface area (Å²) in [5, 5.41) is 0. The van der Waals surface area contributed by atoms with Gasteiger partial charge in [-0.15, -0.1) is 0 Å². The van der Waals surface area contributed by atoms with Crippen LogP contribution in [0.15, 0.2) is 16.8 Å². The highest BCUT2D eigenvalue weighted by molar-refractivity contribution is 5.54. The van der Waals surface area contributed by atoms with E-state index in [0.717, 1.165) is 5.70 Å². The van der Waals surface area contributed by atoms with Gasteiger partial charge in [-0.1, -0.05) is 54.0 Å². The summed E-state index contributed by atoms with van der Waals surface area (Å²) in [4.78, 5) is 3.98. The Morgan fingerprint density at radius 3 is 1.36 bits per heavy atom. The maximum Gasteiger partial charge on any atom is 0.0326 e. The Labute approximate surface area is 92.3 Å². The van der Waals surface area contributed by atoms with Crippen molar-refractivity contribution in [1.82, 2.24) is 0 Å². The summed E-state index contributed by atoms with van der Waals surface area (Å²) in [6.07, 6.45) is 5.01. The maximum absolute atomic E-state index is 3.98. The highest BCUT2D eigenvalue weighted by Crippen LogP contribution is 1.89. The molecule has 0 amide bonds. The van der Waals surface area contributed by atoms with E-state index in [4.69, 9.17) is 0 Å². The molecule has 0 saturated carbocycles. The van der Waals surface area contributed by atoms with E-state index in [0.29, 0.717) is 0 Å². The van der Waals surface area contributed by atoms with Crippen LogP contribution in [0.2, 0.25) is 0 Å². The molecule has 0 heterocycles. The Morgan fingerprint density at radius 2 is 1.29 bits per heavy atom. The van der Waals surface area contributed by atoms with Gasteiger partial charge in [0.25, 0.3) is 0 Å². The Morgan fingerprint density at radius 1 is 1.00 bits per heavy atom. The van der Waals surface area contributed by atoms with Crippen molar-refractivity contribution >= 4 is 6.21 Å². The standard InChI is InChI=1S/C6H11N.C3H8.2C2H6/c1-4-6(3)7-5-2;1-3-2;2*1-2/h4-5H,1-3H3;3H2,1-2H3;2*1-2H3/b6-4-,7-5?;;;. The van der Waals surface area contributed by atoms with Gasteiger partial charge < -0.3 is 0 Å². The Kier molecular flexibility index (Phi) is 65.5. The van der Waals surface area contributed by atoms with Crippen LogP contribution >= 0.6 is 0 Å². The van der Waals surface area contributed by atoms with Crippen LogP contribution in [0.1, 0.15) is 68.7 Å². The number of rotatable bonds is 1.